The van der Waals surface area contributed by atoms with Gasteiger partial charge < -0.3 is 15.4 Å². The van der Waals surface area contributed by atoms with E-state index in [2.05, 4.69) is 11.9 Å². The van der Waals surface area contributed by atoms with E-state index in [0.717, 1.165) is 25.1 Å². The van der Waals surface area contributed by atoms with Gasteiger partial charge in [0.1, 0.15) is 0 Å². The predicted octanol–water partition coefficient (Wildman–Crippen LogP) is 1.83. The highest BCUT2D eigenvalue weighted by molar-refractivity contribution is 5.32. The van der Waals surface area contributed by atoms with Gasteiger partial charge in [-0.3, -0.25) is 0 Å². The molecule has 4 heteroatoms. The van der Waals surface area contributed by atoms with Crippen LogP contribution >= 0.6 is 0 Å². The maximum absolute atomic E-state index is 13.7. The Hall–Kier alpha value is -1.13. The molecule has 18 heavy (non-hydrogen) atoms. The first kappa shape index (κ1) is 13.3. The first-order chi connectivity index (χ1) is 8.65. The SMILES string of the molecule is COc1ccc(C(CN)C2CCN(C)C2)cc1F. The molecule has 2 atom stereocenters. The Labute approximate surface area is 108 Å². The Morgan fingerprint density at radius 2 is 2.33 bits per heavy atom. The second kappa shape index (κ2) is 5.67. The summed E-state index contributed by atoms with van der Waals surface area (Å²) >= 11 is 0. The number of likely N-dealkylation sites (tertiary alicyclic amines) is 1. The minimum absolute atomic E-state index is 0.232. The highest BCUT2D eigenvalue weighted by atomic mass is 19.1. The molecule has 1 fully saturated rings. The number of halogens is 1. The van der Waals surface area contributed by atoms with E-state index >= 15 is 0 Å². The minimum Gasteiger partial charge on any atom is -0.494 e. The molecule has 0 bridgehead atoms. The Balaban J connectivity index is 2.19. The summed E-state index contributed by atoms with van der Waals surface area (Å²) in [6, 6.07) is 5.18. The van der Waals surface area contributed by atoms with Gasteiger partial charge in [0.15, 0.2) is 11.6 Å². The molecule has 3 nitrogen and oxygen atoms in total. The average molecular weight is 252 g/mol. The first-order valence-corrected chi connectivity index (χ1v) is 6.37. The summed E-state index contributed by atoms with van der Waals surface area (Å²) in [5.74, 6) is 0.737. The second-order valence-corrected chi connectivity index (χ2v) is 5.05. The fourth-order valence-corrected chi connectivity index (χ4v) is 2.81. The third-order valence-electron chi connectivity index (χ3n) is 3.85. The van der Waals surface area contributed by atoms with Gasteiger partial charge in [0.25, 0.3) is 0 Å². The summed E-state index contributed by atoms with van der Waals surface area (Å²) < 4.78 is 18.7. The highest BCUT2D eigenvalue weighted by Crippen LogP contribution is 2.32. The van der Waals surface area contributed by atoms with E-state index in [-0.39, 0.29) is 17.5 Å². The Kier molecular flexibility index (Phi) is 4.19. The Morgan fingerprint density at radius 1 is 1.56 bits per heavy atom. The van der Waals surface area contributed by atoms with Crippen LogP contribution in [0.25, 0.3) is 0 Å². The fourth-order valence-electron chi connectivity index (χ4n) is 2.81. The first-order valence-electron chi connectivity index (χ1n) is 6.37. The third-order valence-corrected chi connectivity index (χ3v) is 3.85. The van der Waals surface area contributed by atoms with Crippen molar-refractivity contribution in [1.82, 2.24) is 4.90 Å². The number of hydrogen-bond donors (Lipinski definition) is 1. The van der Waals surface area contributed by atoms with E-state index in [1.54, 1.807) is 12.1 Å². The van der Waals surface area contributed by atoms with E-state index in [4.69, 9.17) is 10.5 Å². The van der Waals surface area contributed by atoms with Crippen molar-refractivity contribution in [2.45, 2.75) is 12.3 Å². The van der Waals surface area contributed by atoms with Crippen molar-refractivity contribution in [3.8, 4) is 5.75 Å². The van der Waals surface area contributed by atoms with Gasteiger partial charge in [-0.2, -0.15) is 0 Å². The lowest BCUT2D eigenvalue weighted by atomic mass is 9.85. The van der Waals surface area contributed by atoms with E-state index in [1.165, 1.54) is 7.11 Å². The minimum atomic E-state index is -0.306. The summed E-state index contributed by atoms with van der Waals surface area (Å²) in [6.07, 6.45) is 1.13. The van der Waals surface area contributed by atoms with Gasteiger partial charge in [-0.25, -0.2) is 4.39 Å². The maximum atomic E-state index is 13.7. The molecular formula is C14H21FN2O. The van der Waals surface area contributed by atoms with Gasteiger partial charge in [-0.15, -0.1) is 0 Å². The monoisotopic (exact) mass is 252 g/mol. The van der Waals surface area contributed by atoms with Crippen LogP contribution in [0.3, 0.4) is 0 Å². The van der Waals surface area contributed by atoms with Gasteiger partial charge in [0.2, 0.25) is 0 Å². The molecule has 0 saturated carbocycles. The highest BCUT2D eigenvalue weighted by Gasteiger charge is 2.28. The van der Waals surface area contributed by atoms with Crippen molar-refractivity contribution in [2.75, 3.05) is 33.8 Å². The lowest BCUT2D eigenvalue weighted by Gasteiger charge is -2.22. The summed E-state index contributed by atoms with van der Waals surface area (Å²) in [5.41, 5.74) is 6.86. The van der Waals surface area contributed by atoms with Crippen molar-refractivity contribution >= 4 is 0 Å². The largest absolute Gasteiger partial charge is 0.494 e. The number of methoxy groups -OCH3 is 1. The summed E-state index contributed by atoms with van der Waals surface area (Å²) in [5, 5.41) is 0. The number of hydrogen-bond acceptors (Lipinski definition) is 3. The quantitative estimate of drug-likeness (QED) is 0.888. The fraction of sp³-hybridized carbons (Fsp3) is 0.571. The molecule has 1 aromatic carbocycles. The summed E-state index contributed by atoms with van der Waals surface area (Å²) in [6.45, 7) is 2.69. The van der Waals surface area contributed by atoms with Crippen LogP contribution in [0, 0.1) is 11.7 Å². The van der Waals surface area contributed by atoms with Crippen LogP contribution in [-0.2, 0) is 0 Å². The van der Waals surface area contributed by atoms with Crippen molar-refractivity contribution < 1.29 is 9.13 Å². The van der Waals surface area contributed by atoms with E-state index in [9.17, 15) is 4.39 Å². The molecule has 2 unspecified atom stereocenters. The Morgan fingerprint density at radius 3 is 2.83 bits per heavy atom. The van der Waals surface area contributed by atoms with E-state index in [0.29, 0.717) is 12.5 Å². The lowest BCUT2D eigenvalue weighted by Crippen LogP contribution is -2.24. The van der Waals surface area contributed by atoms with Crippen LogP contribution in [0.5, 0.6) is 5.75 Å². The molecule has 1 aliphatic rings. The van der Waals surface area contributed by atoms with Gasteiger partial charge in [0, 0.05) is 12.5 Å². The van der Waals surface area contributed by atoms with Crippen LogP contribution in [0.4, 0.5) is 4.39 Å². The van der Waals surface area contributed by atoms with Crippen LogP contribution in [0.1, 0.15) is 17.9 Å². The molecular weight excluding hydrogens is 231 g/mol. The lowest BCUT2D eigenvalue weighted by molar-refractivity contribution is 0.368. The standard InChI is InChI=1S/C14H21FN2O/c1-17-6-5-11(9-17)12(8-16)10-3-4-14(18-2)13(15)7-10/h3-4,7,11-12H,5-6,8-9,16H2,1-2H3. The molecule has 0 amide bonds. The molecule has 1 aliphatic heterocycles. The van der Waals surface area contributed by atoms with Crippen molar-refractivity contribution in [3.63, 3.8) is 0 Å². The van der Waals surface area contributed by atoms with Crippen molar-refractivity contribution in [2.24, 2.45) is 11.7 Å². The molecule has 0 radical (unpaired) electrons. The summed E-state index contributed by atoms with van der Waals surface area (Å²) in [7, 11) is 3.59. The second-order valence-electron chi connectivity index (χ2n) is 5.05. The van der Waals surface area contributed by atoms with Gasteiger partial charge in [0.05, 0.1) is 7.11 Å². The number of nitrogens with two attached hydrogens (primary N) is 1. The van der Waals surface area contributed by atoms with Gasteiger partial charge in [-0.1, -0.05) is 6.07 Å². The molecule has 2 N–H and O–H groups in total. The number of rotatable bonds is 4. The molecule has 2 rings (SSSR count). The van der Waals surface area contributed by atoms with E-state index < -0.39 is 0 Å². The number of benzene rings is 1. The summed E-state index contributed by atoms with van der Waals surface area (Å²) in [4.78, 5) is 2.30. The average Bonchev–Trinajstić information content (AvgIpc) is 2.77. The zero-order chi connectivity index (χ0) is 13.1. The molecule has 0 aliphatic carbocycles. The molecule has 0 aromatic heterocycles. The van der Waals surface area contributed by atoms with Crippen LogP contribution in [0.2, 0.25) is 0 Å². The number of ether oxygens (including phenoxy) is 1. The predicted molar refractivity (Wildman–Crippen MR) is 70.4 cm³/mol. The van der Waals surface area contributed by atoms with Crippen molar-refractivity contribution in [3.05, 3.63) is 29.6 Å². The zero-order valence-corrected chi connectivity index (χ0v) is 11.0. The molecule has 1 heterocycles. The van der Waals surface area contributed by atoms with Crippen molar-refractivity contribution in [1.29, 1.82) is 0 Å². The van der Waals surface area contributed by atoms with Crippen LogP contribution in [-0.4, -0.2) is 38.7 Å². The normalized spacial score (nSPS) is 22.1. The van der Waals surface area contributed by atoms with Crippen LogP contribution in [0.15, 0.2) is 18.2 Å². The van der Waals surface area contributed by atoms with Gasteiger partial charge >= 0.3 is 0 Å². The topological polar surface area (TPSA) is 38.5 Å². The van der Waals surface area contributed by atoms with Crippen LogP contribution < -0.4 is 10.5 Å². The molecule has 1 aromatic rings. The van der Waals surface area contributed by atoms with Gasteiger partial charge in [-0.05, 0) is 50.2 Å². The zero-order valence-electron chi connectivity index (χ0n) is 11.0. The maximum Gasteiger partial charge on any atom is 0.165 e. The Bertz CT molecular complexity index is 411. The molecule has 0 spiro atoms. The van der Waals surface area contributed by atoms with E-state index in [1.807, 2.05) is 6.07 Å². The smallest absolute Gasteiger partial charge is 0.165 e. The third kappa shape index (κ3) is 2.65. The molecule has 1 saturated heterocycles. The molecule has 100 valence electrons. The number of nitrogens with zero attached hydrogens (tertiary/aromatic N) is 1.